The molecule has 0 aliphatic carbocycles. The smallest absolute Gasteiger partial charge is 0.342 e. The minimum Gasteiger partial charge on any atom is -0.477 e. The fraction of sp³-hybridized carbons (Fsp3) is 0.318. The number of hydrogen-bond donors (Lipinski definition) is 2. The summed E-state index contributed by atoms with van der Waals surface area (Å²) in [5, 5.41) is 17.1. The van der Waals surface area contributed by atoms with E-state index in [-0.39, 0.29) is 4.91 Å². The molecule has 7 heteroatoms. The average Bonchev–Trinajstić information content (AvgIpc) is 3.20. The van der Waals surface area contributed by atoms with E-state index in [2.05, 4.69) is 52.7 Å². The van der Waals surface area contributed by atoms with Crippen LogP contribution < -0.4 is 0 Å². The number of aromatic amines is 1. The van der Waals surface area contributed by atoms with Gasteiger partial charge in [-0.05, 0) is 74.7 Å². The number of nitrogens with zero attached hydrogens (tertiary/aromatic N) is 3. The Morgan fingerprint density at radius 3 is 2.55 bits per heavy atom. The predicted molar refractivity (Wildman–Crippen MR) is 117 cm³/mol. The van der Waals surface area contributed by atoms with Gasteiger partial charge in [-0.15, -0.1) is 5.10 Å². The molecule has 6 nitrogen and oxygen atoms in total. The first-order chi connectivity index (χ1) is 13.8. The average molecular weight is 411 g/mol. The van der Waals surface area contributed by atoms with E-state index in [1.54, 1.807) is 6.08 Å². The second kappa shape index (κ2) is 8.69. The number of aliphatic carboxylic acids is 1. The summed E-state index contributed by atoms with van der Waals surface area (Å²) in [4.78, 5) is 16.4. The van der Waals surface area contributed by atoms with E-state index in [1.807, 2.05) is 26.0 Å². The fourth-order valence-corrected chi connectivity index (χ4v) is 4.20. The van der Waals surface area contributed by atoms with Crippen molar-refractivity contribution >= 4 is 23.8 Å². The Hall–Kier alpha value is -2.80. The normalized spacial score (nSPS) is 11.8. The Morgan fingerprint density at radius 1 is 1.24 bits per heavy atom. The molecule has 29 heavy (non-hydrogen) atoms. The number of carboxylic acids is 1. The quantitative estimate of drug-likeness (QED) is 0.423. The molecular weight excluding hydrogens is 384 g/mol. The van der Waals surface area contributed by atoms with Gasteiger partial charge in [-0.25, -0.2) is 9.78 Å². The van der Waals surface area contributed by atoms with Gasteiger partial charge in [0.15, 0.2) is 0 Å². The van der Waals surface area contributed by atoms with Crippen LogP contribution in [-0.4, -0.2) is 30.8 Å². The summed E-state index contributed by atoms with van der Waals surface area (Å²) in [7, 11) is 0. The zero-order valence-electron chi connectivity index (χ0n) is 17.4. The highest BCUT2D eigenvalue weighted by molar-refractivity contribution is 8.04. The summed E-state index contributed by atoms with van der Waals surface area (Å²) < 4.78 is 2.19. The van der Waals surface area contributed by atoms with Gasteiger partial charge in [0.1, 0.15) is 10.7 Å². The van der Waals surface area contributed by atoms with Crippen molar-refractivity contribution in [2.45, 2.75) is 52.6 Å². The lowest BCUT2D eigenvalue weighted by Crippen LogP contribution is -2.04. The molecule has 0 unspecified atom stereocenters. The number of H-pyrrole nitrogens is 1. The number of aromatic nitrogens is 4. The van der Waals surface area contributed by atoms with E-state index in [9.17, 15) is 9.90 Å². The van der Waals surface area contributed by atoms with Crippen LogP contribution in [0.15, 0.2) is 34.3 Å². The molecule has 2 aromatic heterocycles. The number of rotatable bonds is 7. The number of para-hydroxylation sites is 1. The third kappa shape index (κ3) is 4.45. The van der Waals surface area contributed by atoms with Crippen molar-refractivity contribution in [1.82, 2.24) is 19.7 Å². The van der Waals surface area contributed by atoms with Crippen LogP contribution in [0.25, 0.3) is 11.8 Å². The first-order valence-corrected chi connectivity index (χ1v) is 10.4. The SMILES string of the molecule is CCCc1nc(S/C(=C\c2cc(C)n(-c3c(C)cccc3C)c2C)C(=O)O)n[nH]1. The maximum absolute atomic E-state index is 11.9. The Bertz CT molecular complexity index is 1060. The van der Waals surface area contributed by atoms with Gasteiger partial charge < -0.3 is 9.67 Å². The van der Waals surface area contributed by atoms with Gasteiger partial charge in [-0.3, -0.25) is 5.10 Å². The van der Waals surface area contributed by atoms with Gasteiger partial charge in [-0.1, -0.05) is 25.1 Å². The number of carboxylic acid groups (broad SMARTS) is 1. The van der Waals surface area contributed by atoms with Gasteiger partial charge in [0.2, 0.25) is 5.16 Å². The zero-order chi connectivity index (χ0) is 21.1. The van der Waals surface area contributed by atoms with Gasteiger partial charge in [0.25, 0.3) is 0 Å². The molecule has 3 rings (SSSR count). The molecule has 0 aliphatic rings. The number of hydrogen-bond acceptors (Lipinski definition) is 4. The molecule has 3 aromatic rings. The van der Waals surface area contributed by atoms with Gasteiger partial charge in [0, 0.05) is 17.8 Å². The number of benzene rings is 1. The molecule has 0 saturated carbocycles. The molecule has 0 atom stereocenters. The van der Waals surface area contributed by atoms with E-state index in [0.29, 0.717) is 5.16 Å². The summed E-state index contributed by atoms with van der Waals surface area (Å²) >= 11 is 1.06. The van der Waals surface area contributed by atoms with Gasteiger partial charge in [0.05, 0.1) is 5.69 Å². The summed E-state index contributed by atoms with van der Waals surface area (Å²) in [5.74, 6) is -0.221. The largest absolute Gasteiger partial charge is 0.477 e. The molecule has 0 aliphatic heterocycles. The highest BCUT2D eigenvalue weighted by atomic mass is 32.2. The van der Waals surface area contributed by atoms with Crippen molar-refractivity contribution in [1.29, 1.82) is 0 Å². The molecule has 0 saturated heterocycles. The Kier molecular flexibility index (Phi) is 6.27. The lowest BCUT2D eigenvalue weighted by Gasteiger charge is -2.15. The molecule has 0 radical (unpaired) electrons. The van der Waals surface area contributed by atoms with Crippen molar-refractivity contribution in [2.75, 3.05) is 0 Å². The highest BCUT2D eigenvalue weighted by Gasteiger charge is 2.17. The maximum atomic E-state index is 11.9. The second-order valence-electron chi connectivity index (χ2n) is 7.13. The first kappa shape index (κ1) is 20.9. The van der Waals surface area contributed by atoms with Crippen LogP contribution in [0.2, 0.25) is 0 Å². The molecule has 0 bridgehead atoms. The Morgan fingerprint density at radius 2 is 1.93 bits per heavy atom. The highest BCUT2D eigenvalue weighted by Crippen LogP contribution is 2.30. The third-order valence-electron chi connectivity index (χ3n) is 4.83. The lowest BCUT2D eigenvalue weighted by molar-refractivity contribution is -0.131. The van der Waals surface area contributed by atoms with Crippen LogP contribution >= 0.6 is 11.8 Å². The predicted octanol–water partition coefficient (Wildman–Crippen LogP) is 5.00. The molecule has 1 aromatic carbocycles. The van der Waals surface area contributed by atoms with Gasteiger partial charge >= 0.3 is 5.97 Å². The number of aryl methyl sites for hydroxylation is 4. The molecule has 2 N–H and O–H groups in total. The second-order valence-corrected chi connectivity index (χ2v) is 8.14. The monoisotopic (exact) mass is 410 g/mol. The molecule has 2 heterocycles. The lowest BCUT2D eigenvalue weighted by atomic mass is 10.1. The minimum absolute atomic E-state index is 0.189. The summed E-state index contributed by atoms with van der Waals surface area (Å²) in [5.41, 5.74) is 6.44. The van der Waals surface area contributed by atoms with Crippen LogP contribution in [0.1, 0.15) is 47.2 Å². The Balaban J connectivity index is 2.00. The van der Waals surface area contributed by atoms with Crippen molar-refractivity contribution in [3.8, 4) is 5.69 Å². The van der Waals surface area contributed by atoms with E-state index in [4.69, 9.17) is 0 Å². The Labute approximate surface area is 175 Å². The molecule has 0 spiro atoms. The third-order valence-corrected chi connectivity index (χ3v) is 5.71. The van der Waals surface area contributed by atoms with E-state index >= 15 is 0 Å². The standard InChI is InChI=1S/C22H26N4O2S/c1-6-8-19-23-22(25-24-19)29-18(21(27)28)12-17-11-15(4)26(16(17)5)20-13(2)9-7-10-14(20)3/h7,9-12H,6,8H2,1-5H3,(H,27,28)(H,23,24,25)/b18-12-. The molecule has 0 fully saturated rings. The maximum Gasteiger partial charge on any atom is 0.342 e. The molecular formula is C22H26N4O2S. The van der Waals surface area contributed by atoms with Crippen molar-refractivity contribution < 1.29 is 9.90 Å². The van der Waals surface area contributed by atoms with Crippen molar-refractivity contribution in [3.63, 3.8) is 0 Å². The van der Waals surface area contributed by atoms with Crippen LogP contribution in [0, 0.1) is 27.7 Å². The minimum atomic E-state index is -0.992. The van der Waals surface area contributed by atoms with Crippen LogP contribution in [-0.2, 0) is 11.2 Å². The zero-order valence-corrected chi connectivity index (χ0v) is 18.2. The van der Waals surface area contributed by atoms with E-state index in [0.717, 1.165) is 53.1 Å². The summed E-state index contributed by atoms with van der Waals surface area (Å²) in [6.07, 6.45) is 3.44. The molecule has 152 valence electrons. The van der Waals surface area contributed by atoms with Gasteiger partial charge in [-0.2, -0.15) is 0 Å². The van der Waals surface area contributed by atoms with E-state index in [1.165, 1.54) is 11.1 Å². The van der Waals surface area contributed by atoms with Crippen molar-refractivity contribution in [3.05, 3.63) is 63.1 Å². The van der Waals surface area contributed by atoms with Crippen LogP contribution in [0.5, 0.6) is 0 Å². The number of carbonyl (C=O) groups is 1. The number of thioether (sulfide) groups is 1. The fourth-order valence-electron chi connectivity index (χ4n) is 3.48. The topological polar surface area (TPSA) is 83.8 Å². The first-order valence-electron chi connectivity index (χ1n) is 9.61. The summed E-state index contributed by atoms with van der Waals surface area (Å²) in [6, 6.07) is 8.25. The summed E-state index contributed by atoms with van der Waals surface area (Å²) in [6.45, 7) is 10.3. The van der Waals surface area contributed by atoms with Crippen LogP contribution in [0.3, 0.4) is 0 Å². The molecule has 0 amide bonds. The number of nitrogens with one attached hydrogen (secondary N) is 1. The van der Waals surface area contributed by atoms with Crippen LogP contribution in [0.4, 0.5) is 0 Å². The van der Waals surface area contributed by atoms with Crippen molar-refractivity contribution in [2.24, 2.45) is 0 Å². The van der Waals surface area contributed by atoms with E-state index < -0.39 is 5.97 Å².